The summed E-state index contributed by atoms with van der Waals surface area (Å²) >= 11 is 0. The smallest absolute Gasteiger partial charge is 0.142 e. The molecule has 0 spiro atoms. The molecule has 2 rings (SSSR count). The highest BCUT2D eigenvalue weighted by Gasteiger charge is 2.26. The molecule has 0 aliphatic carbocycles. The summed E-state index contributed by atoms with van der Waals surface area (Å²) in [6.07, 6.45) is 0. The van der Waals surface area contributed by atoms with E-state index in [4.69, 9.17) is 5.26 Å². The van der Waals surface area contributed by atoms with E-state index >= 15 is 0 Å². The topological polar surface area (TPSA) is 68.9 Å². The summed E-state index contributed by atoms with van der Waals surface area (Å²) in [5.74, 6) is -1.14. The van der Waals surface area contributed by atoms with Gasteiger partial charge in [0.15, 0.2) is 0 Å². The third-order valence-electron chi connectivity index (χ3n) is 2.99. The Balaban J connectivity index is 2.15. The zero-order chi connectivity index (χ0) is 15.5. The normalized spacial score (nSPS) is 13.3. The highest BCUT2D eigenvalue weighted by molar-refractivity contribution is 5.39. The standard InChI is InChI=1S/C15H13F2N3O/c1-15(21,12-6-5-10(16)7-13(12)17)9-19-14-4-2-3-11(8-18)20-14/h2-7,21H,9H2,1H3,(H,19,20). The highest BCUT2D eigenvalue weighted by atomic mass is 19.1. The Kier molecular flexibility index (Phi) is 4.15. The summed E-state index contributed by atoms with van der Waals surface area (Å²) in [4.78, 5) is 3.99. The van der Waals surface area contributed by atoms with Gasteiger partial charge in [0.25, 0.3) is 0 Å². The van der Waals surface area contributed by atoms with Crippen LogP contribution in [0.15, 0.2) is 36.4 Å². The minimum atomic E-state index is -1.55. The summed E-state index contributed by atoms with van der Waals surface area (Å²) in [5.41, 5.74) is -1.34. The van der Waals surface area contributed by atoms with Gasteiger partial charge in [-0.25, -0.2) is 13.8 Å². The lowest BCUT2D eigenvalue weighted by molar-refractivity contribution is 0.0674. The number of halogens is 2. The largest absolute Gasteiger partial charge is 0.383 e. The van der Waals surface area contributed by atoms with Gasteiger partial charge in [-0.2, -0.15) is 5.26 Å². The van der Waals surface area contributed by atoms with Gasteiger partial charge < -0.3 is 10.4 Å². The summed E-state index contributed by atoms with van der Waals surface area (Å²) in [6.45, 7) is 1.36. The van der Waals surface area contributed by atoms with Crippen molar-refractivity contribution in [1.82, 2.24) is 4.98 Å². The Morgan fingerprint density at radius 1 is 1.33 bits per heavy atom. The zero-order valence-electron chi connectivity index (χ0n) is 11.3. The molecule has 1 aromatic carbocycles. The van der Waals surface area contributed by atoms with Crippen LogP contribution in [0.25, 0.3) is 0 Å². The molecular weight excluding hydrogens is 276 g/mol. The maximum atomic E-state index is 13.7. The van der Waals surface area contributed by atoms with E-state index in [2.05, 4.69) is 10.3 Å². The van der Waals surface area contributed by atoms with Crippen LogP contribution >= 0.6 is 0 Å². The molecule has 0 aliphatic heterocycles. The number of nitrogens with zero attached hydrogens (tertiary/aromatic N) is 2. The van der Waals surface area contributed by atoms with Gasteiger partial charge in [-0.1, -0.05) is 12.1 Å². The molecule has 0 aliphatic rings. The number of anilines is 1. The second kappa shape index (κ2) is 5.85. The molecule has 4 nitrogen and oxygen atoms in total. The van der Waals surface area contributed by atoms with E-state index in [1.54, 1.807) is 18.2 Å². The van der Waals surface area contributed by atoms with E-state index in [0.29, 0.717) is 5.82 Å². The molecule has 2 aromatic rings. The van der Waals surface area contributed by atoms with Crippen molar-refractivity contribution in [1.29, 1.82) is 5.26 Å². The minimum Gasteiger partial charge on any atom is -0.383 e. The lowest BCUT2D eigenvalue weighted by Crippen LogP contribution is -2.32. The van der Waals surface area contributed by atoms with E-state index < -0.39 is 17.2 Å². The third-order valence-corrected chi connectivity index (χ3v) is 2.99. The van der Waals surface area contributed by atoms with E-state index in [0.717, 1.165) is 12.1 Å². The van der Waals surface area contributed by atoms with Crippen molar-refractivity contribution < 1.29 is 13.9 Å². The number of nitrogens with one attached hydrogen (secondary N) is 1. The Morgan fingerprint density at radius 2 is 2.10 bits per heavy atom. The van der Waals surface area contributed by atoms with Crippen LogP contribution in [0.3, 0.4) is 0 Å². The first-order valence-corrected chi connectivity index (χ1v) is 6.21. The average Bonchev–Trinajstić information content (AvgIpc) is 2.45. The van der Waals surface area contributed by atoms with Crippen molar-refractivity contribution in [2.24, 2.45) is 0 Å². The van der Waals surface area contributed by atoms with Crippen molar-refractivity contribution in [3.63, 3.8) is 0 Å². The number of benzene rings is 1. The number of aliphatic hydroxyl groups is 1. The first kappa shape index (κ1) is 14.9. The van der Waals surface area contributed by atoms with Gasteiger partial charge >= 0.3 is 0 Å². The van der Waals surface area contributed by atoms with Crippen LogP contribution in [0.2, 0.25) is 0 Å². The Bertz CT molecular complexity index is 696. The van der Waals surface area contributed by atoms with Crippen LogP contribution < -0.4 is 5.32 Å². The summed E-state index contributed by atoms with van der Waals surface area (Å²) in [6, 6.07) is 9.71. The van der Waals surface area contributed by atoms with E-state index in [9.17, 15) is 13.9 Å². The molecule has 0 saturated carbocycles. The molecule has 0 fully saturated rings. The fraction of sp³-hybridized carbons (Fsp3) is 0.200. The van der Waals surface area contributed by atoms with Crippen LogP contribution in [0.4, 0.5) is 14.6 Å². The van der Waals surface area contributed by atoms with Crippen LogP contribution in [-0.4, -0.2) is 16.6 Å². The van der Waals surface area contributed by atoms with Gasteiger partial charge in [0, 0.05) is 18.2 Å². The van der Waals surface area contributed by atoms with Gasteiger partial charge in [-0.15, -0.1) is 0 Å². The highest BCUT2D eigenvalue weighted by Crippen LogP contribution is 2.24. The first-order valence-electron chi connectivity index (χ1n) is 6.21. The molecule has 1 heterocycles. The van der Waals surface area contributed by atoms with E-state index in [-0.39, 0.29) is 17.8 Å². The van der Waals surface area contributed by atoms with Crippen molar-refractivity contribution in [3.8, 4) is 6.07 Å². The Labute approximate surface area is 120 Å². The number of rotatable bonds is 4. The van der Waals surface area contributed by atoms with Gasteiger partial charge in [-0.05, 0) is 25.1 Å². The van der Waals surface area contributed by atoms with E-state index in [1.165, 1.54) is 13.0 Å². The SMILES string of the molecule is CC(O)(CNc1cccc(C#N)n1)c1ccc(F)cc1F. The van der Waals surface area contributed by atoms with Gasteiger partial charge in [0.2, 0.25) is 0 Å². The maximum Gasteiger partial charge on any atom is 0.142 e. The molecule has 1 aromatic heterocycles. The lowest BCUT2D eigenvalue weighted by atomic mass is 9.95. The number of nitriles is 1. The van der Waals surface area contributed by atoms with E-state index in [1.807, 2.05) is 6.07 Å². The van der Waals surface area contributed by atoms with Crippen molar-refractivity contribution in [2.45, 2.75) is 12.5 Å². The fourth-order valence-electron chi connectivity index (χ4n) is 1.88. The lowest BCUT2D eigenvalue weighted by Gasteiger charge is -2.25. The predicted molar refractivity (Wildman–Crippen MR) is 73.4 cm³/mol. The molecule has 1 atom stereocenters. The average molecular weight is 289 g/mol. The van der Waals surface area contributed by atoms with Gasteiger partial charge in [0.05, 0.1) is 0 Å². The molecule has 21 heavy (non-hydrogen) atoms. The number of aromatic nitrogens is 1. The maximum absolute atomic E-state index is 13.7. The number of hydrogen-bond donors (Lipinski definition) is 2. The minimum absolute atomic E-state index is 0.0205. The molecule has 0 radical (unpaired) electrons. The molecule has 1 unspecified atom stereocenters. The summed E-state index contributed by atoms with van der Waals surface area (Å²) < 4.78 is 26.6. The number of pyridine rings is 1. The monoisotopic (exact) mass is 289 g/mol. The summed E-state index contributed by atoms with van der Waals surface area (Å²) in [7, 11) is 0. The Morgan fingerprint density at radius 3 is 2.76 bits per heavy atom. The zero-order valence-corrected chi connectivity index (χ0v) is 11.3. The molecule has 6 heteroatoms. The molecule has 0 bridgehead atoms. The summed E-state index contributed by atoms with van der Waals surface area (Å²) in [5, 5.41) is 21.9. The van der Waals surface area contributed by atoms with Crippen LogP contribution in [-0.2, 0) is 5.60 Å². The molecule has 2 N–H and O–H groups in total. The van der Waals surface area contributed by atoms with Crippen LogP contribution in [0.5, 0.6) is 0 Å². The Hall–Kier alpha value is -2.52. The van der Waals surface area contributed by atoms with Crippen molar-refractivity contribution in [2.75, 3.05) is 11.9 Å². The molecular formula is C15H13F2N3O. The number of hydrogen-bond acceptors (Lipinski definition) is 4. The van der Waals surface area contributed by atoms with Crippen molar-refractivity contribution >= 4 is 5.82 Å². The molecule has 0 amide bonds. The van der Waals surface area contributed by atoms with Crippen LogP contribution in [0.1, 0.15) is 18.2 Å². The third kappa shape index (κ3) is 3.52. The molecule has 108 valence electrons. The predicted octanol–water partition coefficient (Wildman–Crippen LogP) is 2.55. The van der Waals surface area contributed by atoms with Crippen molar-refractivity contribution in [3.05, 3.63) is 59.3 Å². The second-order valence-corrected chi connectivity index (χ2v) is 4.77. The van der Waals surface area contributed by atoms with Gasteiger partial charge in [0.1, 0.15) is 34.8 Å². The molecule has 0 saturated heterocycles. The fourth-order valence-corrected chi connectivity index (χ4v) is 1.88. The second-order valence-electron chi connectivity index (χ2n) is 4.77. The first-order chi connectivity index (χ1) is 9.92. The quantitative estimate of drug-likeness (QED) is 0.907. The van der Waals surface area contributed by atoms with Crippen LogP contribution in [0, 0.1) is 23.0 Å². The van der Waals surface area contributed by atoms with Gasteiger partial charge in [-0.3, -0.25) is 0 Å².